The van der Waals surface area contributed by atoms with E-state index < -0.39 is 6.17 Å². The number of para-hydroxylation sites is 2. The standard InChI is InChI=1S/C19H23FN6O/c1-12(2)17(20)18-22-13-5-3-4-6-14(13)26(18)16-11-15(21)23-19(24-16)25-7-9-27-10-8-25/h3-6,11-12,17H,7-10H2,1-2H3,(H2,21,23,24). The van der Waals surface area contributed by atoms with Crippen molar-refractivity contribution in [2.45, 2.75) is 20.0 Å². The van der Waals surface area contributed by atoms with Gasteiger partial charge in [0.15, 0.2) is 12.0 Å². The summed E-state index contributed by atoms with van der Waals surface area (Å²) in [4.78, 5) is 15.6. The number of fused-ring (bicyclic) bond motifs is 1. The zero-order valence-corrected chi connectivity index (χ0v) is 15.5. The number of rotatable bonds is 4. The van der Waals surface area contributed by atoms with Crippen LogP contribution < -0.4 is 10.6 Å². The molecule has 0 saturated carbocycles. The minimum Gasteiger partial charge on any atom is -0.383 e. The van der Waals surface area contributed by atoms with E-state index in [1.54, 1.807) is 10.6 Å². The van der Waals surface area contributed by atoms with E-state index in [0.717, 1.165) is 11.0 Å². The lowest BCUT2D eigenvalue weighted by atomic mass is 10.1. The average molecular weight is 370 g/mol. The Balaban J connectivity index is 1.88. The minimum absolute atomic E-state index is 0.210. The van der Waals surface area contributed by atoms with Gasteiger partial charge < -0.3 is 15.4 Å². The van der Waals surface area contributed by atoms with E-state index in [1.165, 1.54) is 0 Å². The number of halogens is 1. The summed E-state index contributed by atoms with van der Waals surface area (Å²) in [5.74, 6) is 1.51. The zero-order chi connectivity index (χ0) is 19.0. The molecule has 2 aromatic heterocycles. The third-order valence-corrected chi connectivity index (χ3v) is 4.66. The first-order valence-corrected chi connectivity index (χ1v) is 9.13. The highest BCUT2D eigenvalue weighted by Gasteiger charge is 2.25. The Kier molecular flexibility index (Phi) is 4.65. The van der Waals surface area contributed by atoms with Crippen molar-refractivity contribution in [2.24, 2.45) is 5.92 Å². The van der Waals surface area contributed by atoms with Crippen molar-refractivity contribution in [2.75, 3.05) is 36.9 Å². The zero-order valence-electron chi connectivity index (χ0n) is 15.5. The smallest absolute Gasteiger partial charge is 0.229 e. The second-order valence-corrected chi connectivity index (χ2v) is 6.99. The molecule has 1 unspecified atom stereocenters. The summed E-state index contributed by atoms with van der Waals surface area (Å²) in [6.45, 7) is 6.29. The summed E-state index contributed by atoms with van der Waals surface area (Å²) < 4.78 is 22.2. The van der Waals surface area contributed by atoms with Crippen LogP contribution in [0.4, 0.5) is 16.2 Å². The number of nitrogens with two attached hydrogens (primary N) is 1. The number of hydrogen-bond donors (Lipinski definition) is 1. The fraction of sp³-hybridized carbons (Fsp3) is 0.421. The number of anilines is 2. The van der Waals surface area contributed by atoms with Gasteiger partial charge in [-0.05, 0) is 18.1 Å². The van der Waals surface area contributed by atoms with Gasteiger partial charge in [-0.3, -0.25) is 4.57 Å². The van der Waals surface area contributed by atoms with Gasteiger partial charge >= 0.3 is 0 Å². The molecule has 1 atom stereocenters. The van der Waals surface area contributed by atoms with Crippen LogP contribution in [0.15, 0.2) is 30.3 Å². The van der Waals surface area contributed by atoms with Crippen molar-refractivity contribution >= 4 is 22.8 Å². The molecule has 142 valence electrons. The van der Waals surface area contributed by atoms with E-state index in [1.807, 2.05) is 43.0 Å². The topological polar surface area (TPSA) is 82.1 Å². The number of imidazole rings is 1. The Morgan fingerprint density at radius 3 is 2.59 bits per heavy atom. The van der Waals surface area contributed by atoms with Gasteiger partial charge in [-0.1, -0.05) is 26.0 Å². The maximum atomic E-state index is 15.0. The Morgan fingerprint density at radius 1 is 1.11 bits per heavy atom. The monoisotopic (exact) mass is 370 g/mol. The normalized spacial score (nSPS) is 16.2. The molecular weight excluding hydrogens is 347 g/mol. The molecule has 27 heavy (non-hydrogen) atoms. The summed E-state index contributed by atoms with van der Waals surface area (Å²) in [6.07, 6.45) is -1.22. The minimum atomic E-state index is -1.22. The molecule has 2 N–H and O–H groups in total. The summed E-state index contributed by atoms with van der Waals surface area (Å²) in [7, 11) is 0. The van der Waals surface area contributed by atoms with Crippen molar-refractivity contribution in [1.82, 2.24) is 19.5 Å². The largest absolute Gasteiger partial charge is 0.383 e. The van der Waals surface area contributed by atoms with Gasteiger partial charge in [0.25, 0.3) is 0 Å². The highest BCUT2D eigenvalue weighted by atomic mass is 19.1. The summed E-state index contributed by atoms with van der Waals surface area (Å²) in [5.41, 5.74) is 7.58. The summed E-state index contributed by atoms with van der Waals surface area (Å²) in [5, 5.41) is 0. The van der Waals surface area contributed by atoms with Gasteiger partial charge in [-0.2, -0.15) is 9.97 Å². The summed E-state index contributed by atoms with van der Waals surface area (Å²) in [6, 6.07) is 9.23. The molecule has 3 heterocycles. The molecule has 1 aromatic carbocycles. The van der Waals surface area contributed by atoms with Crippen molar-refractivity contribution in [3.8, 4) is 5.82 Å². The van der Waals surface area contributed by atoms with Crippen LogP contribution in [0.2, 0.25) is 0 Å². The fourth-order valence-corrected chi connectivity index (χ4v) is 3.23. The highest BCUT2D eigenvalue weighted by Crippen LogP contribution is 2.31. The van der Waals surface area contributed by atoms with Crippen LogP contribution >= 0.6 is 0 Å². The number of nitrogen functional groups attached to an aromatic ring is 1. The van der Waals surface area contributed by atoms with Crippen molar-refractivity contribution in [3.63, 3.8) is 0 Å². The van der Waals surface area contributed by atoms with E-state index in [4.69, 9.17) is 10.5 Å². The molecule has 1 saturated heterocycles. The molecule has 0 bridgehead atoms. The molecule has 4 rings (SSSR count). The van der Waals surface area contributed by atoms with Crippen LogP contribution in [-0.4, -0.2) is 45.8 Å². The lowest BCUT2D eigenvalue weighted by molar-refractivity contribution is 0.122. The van der Waals surface area contributed by atoms with Crippen LogP contribution in [0, 0.1) is 5.92 Å². The van der Waals surface area contributed by atoms with Gasteiger partial charge in [0.2, 0.25) is 5.95 Å². The van der Waals surface area contributed by atoms with E-state index in [0.29, 0.717) is 49.7 Å². The highest BCUT2D eigenvalue weighted by molar-refractivity contribution is 5.78. The number of hydrogen-bond acceptors (Lipinski definition) is 6. The third kappa shape index (κ3) is 3.32. The lowest BCUT2D eigenvalue weighted by Gasteiger charge is -2.27. The molecule has 0 amide bonds. The van der Waals surface area contributed by atoms with Gasteiger partial charge in [0, 0.05) is 19.2 Å². The van der Waals surface area contributed by atoms with Crippen LogP contribution in [0.1, 0.15) is 25.8 Å². The molecule has 8 heteroatoms. The second kappa shape index (κ2) is 7.11. The van der Waals surface area contributed by atoms with Crippen LogP contribution in [0.25, 0.3) is 16.9 Å². The Bertz CT molecular complexity index is 951. The van der Waals surface area contributed by atoms with E-state index >= 15 is 4.39 Å². The molecule has 0 radical (unpaired) electrons. The van der Waals surface area contributed by atoms with Crippen LogP contribution in [-0.2, 0) is 4.74 Å². The number of aromatic nitrogens is 4. The quantitative estimate of drug-likeness (QED) is 0.760. The third-order valence-electron chi connectivity index (χ3n) is 4.66. The van der Waals surface area contributed by atoms with Crippen LogP contribution in [0.3, 0.4) is 0 Å². The van der Waals surface area contributed by atoms with Crippen molar-refractivity contribution < 1.29 is 9.13 Å². The molecule has 3 aromatic rings. The molecule has 1 aliphatic heterocycles. The average Bonchev–Trinajstić information content (AvgIpc) is 3.07. The Morgan fingerprint density at radius 2 is 1.85 bits per heavy atom. The predicted octanol–water partition coefficient (Wildman–Crippen LogP) is 2.90. The first-order chi connectivity index (χ1) is 13.0. The second-order valence-electron chi connectivity index (χ2n) is 6.99. The molecule has 7 nitrogen and oxygen atoms in total. The maximum Gasteiger partial charge on any atom is 0.229 e. The number of benzene rings is 1. The fourth-order valence-electron chi connectivity index (χ4n) is 3.23. The van der Waals surface area contributed by atoms with Gasteiger partial charge in [0.1, 0.15) is 11.6 Å². The number of nitrogens with zero attached hydrogens (tertiary/aromatic N) is 5. The van der Waals surface area contributed by atoms with Crippen molar-refractivity contribution in [1.29, 1.82) is 0 Å². The van der Waals surface area contributed by atoms with Gasteiger partial charge in [0.05, 0.1) is 24.2 Å². The Labute approximate surface area is 157 Å². The molecule has 1 aliphatic rings. The molecule has 1 fully saturated rings. The number of alkyl halides is 1. The van der Waals surface area contributed by atoms with Gasteiger partial charge in [-0.15, -0.1) is 0 Å². The number of ether oxygens (including phenoxy) is 1. The van der Waals surface area contributed by atoms with Crippen LogP contribution in [0.5, 0.6) is 0 Å². The Hall–Kier alpha value is -2.74. The lowest BCUT2D eigenvalue weighted by Crippen LogP contribution is -2.37. The first kappa shape index (κ1) is 17.7. The molecule has 0 spiro atoms. The van der Waals surface area contributed by atoms with Gasteiger partial charge in [-0.25, -0.2) is 9.37 Å². The maximum absolute atomic E-state index is 15.0. The van der Waals surface area contributed by atoms with E-state index in [2.05, 4.69) is 15.0 Å². The van der Waals surface area contributed by atoms with E-state index in [9.17, 15) is 0 Å². The molecular formula is C19H23FN6O. The van der Waals surface area contributed by atoms with E-state index in [-0.39, 0.29) is 5.92 Å². The predicted molar refractivity (Wildman–Crippen MR) is 103 cm³/mol. The number of morpholine rings is 1. The first-order valence-electron chi connectivity index (χ1n) is 9.13. The van der Waals surface area contributed by atoms with Crippen molar-refractivity contribution in [3.05, 3.63) is 36.2 Å². The SMILES string of the molecule is CC(C)C(F)c1nc2ccccc2n1-c1cc(N)nc(N2CCOCC2)n1. The summed E-state index contributed by atoms with van der Waals surface area (Å²) >= 11 is 0. The molecule has 0 aliphatic carbocycles.